The minimum atomic E-state index is -2.31. The van der Waals surface area contributed by atoms with E-state index in [4.69, 9.17) is 9.10 Å². The van der Waals surface area contributed by atoms with Crippen LogP contribution in [-0.4, -0.2) is 9.55 Å². The molecule has 0 aliphatic rings. The van der Waals surface area contributed by atoms with E-state index in [0.717, 1.165) is 38.9 Å². The Labute approximate surface area is 168 Å². The lowest BCUT2D eigenvalue weighted by atomic mass is 10.1. The van der Waals surface area contributed by atoms with Gasteiger partial charge >= 0.3 is 0 Å². The monoisotopic (exact) mass is 367 g/mol. The molecule has 0 aliphatic heterocycles. The fourth-order valence-corrected chi connectivity index (χ4v) is 3.93. The SMILES string of the molecule is [2H]C([2H])([2H])c1cc2ccccc2nc1-n1c(-c2ccccc2C)[n+](C)c2ccccc21. The van der Waals surface area contributed by atoms with E-state index < -0.39 is 6.85 Å². The third-order valence-electron chi connectivity index (χ3n) is 5.32. The summed E-state index contributed by atoms with van der Waals surface area (Å²) in [5.74, 6) is 1.33. The van der Waals surface area contributed by atoms with Crippen molar-refractivity contribution in [2.24, 2.45) is 7.05 Å². The number of aromatic nitrogens is 3. The summed E-state index contributed by atoms with van der Waals surface area (Å²) in [6, 6.07) is 25.5. The Bertz CT molecular complexity index is 1450. The van der Waals surface area contributed by atoms with Crippen molar-refractivity contribution in [3.8, 4) is 17.2 Å². The molecule has 0 amide bonds. The summed E-state index contributed by atoms with van der Waals surface area (Å²) in [6.07, 6.45) is 0. The minimum absolute atomic E-state index is 0.238. The van der Waals surface area contributed by atoms with Gasteiger partial charge in [0.2, 0.25) is 5.82 Å². The van der Waals surface area contributed by atoms with E-state index in [-0.39, 0.29) is 5.56 Å². The molecule has 0 fully saturated rings. The lowest BCUT2D eigenvalue weighted by molar-refractivity contribution is -0.633. The van der Waals surface area contributed by atoms with Gasteiger partial charge in [-0.3, -0.25) is 0 Å². The second-order valence-corrected chi connectivity index (χ2v) is 7.07. The fraction of sp³-hybridized carbons (Fsp3) is 0.120. The van der Waals surface area contributed by atoms with Gasteiger partial charge in [-0.25, -0.2) is 9.55 Å². The first-order valence-corrected chi connectivity index (χ1v) is 9.32. The van der Waals surface area contributed by atoms with E-state index in [2.05, 4.69) is 23.6 Å². The van der Waals surface area contributed by atoms with Crippen LogP contribution in [0.15, 0.2) is 78.9 Å². The number of aryl methyl sites for hydroxylation is 3. The number of para-hydroxylation sites is 3. The molecule has 2 aromatic heterocycles. The molecule has 0 bridgehead atoms. The normalized spacial score (nSPS) is 13.4. The number of pyridine rings is 1. The maximum absolute atomic E-state index is 8.24. The largest absolute Gasteiger partial charge is 0.296 e. The number of hydrogen-bond donors (Lipinski definition) is 0. The quantitative estimate of drug-likeness (QED) is 0.389. The van der Waals surface area contributed by atoms with Gasteiger partial charge in [0, 0.05) is 15.1 Å². The van der Waals surface area contributed by atoms with Crippen molar-refractivity contribution in [2.75, 3.05) is 0 Å². The molecule has 0 saturated carbocycles. The maximum Gasteiger partial charge on any atom is 0.296 e. The van der Waals surface area contributed by atoms with Gasteiger partial charge < -0.3 is 0 Å². The molecule has 0 radical (unpaired) electrons. The highest BCUT2D eigenvalue weighted by atomic mass is 15.2. The zero-order valence-corrected chi connectivity index (χ0v) is 15.8. The summed E-state index contributed by atoms with van der Waals surface area (Å²) in [5.41, 5.74) is 5.07. The van der Waals surface area contributed by atoms with Crippen molar-refractivity contribution in [2.45, 2.75) is 13.8 Å². The van der Waals surface area contributed by atoms with E-state index in [1.807, 2.05) is 72.3 Å². The van der Waals surface area contributed by atoms with Crippen LogP contribution in [0.4, 0.5) is 0 Å². The second-order valence-electron chi connectivity index (χ2n) is 7.07. The molecule has 0 unspecified atom stereocenters. The molecule has 0 saturated heterocycles. The van der Waals surface area contributed by atoms with Gasteiger partial charge in [0.15, 0.2) is 11.0 Å². The predicted octanol–water partition coefficient (Wildman–Crippen LogP) is 5.29. The highest BCUT2D eigenvalue weighted by molar-refractivity contribution is 5.83. The first-order chi connectivity index (χ1) is 14.9. The molecule has 136 valence electrons. The molecule has 2 heterocycles. The molecule has 0 spiro atoms. The van der Waals surface area contributed by atoms with Crippen molar-refractivity contribution in [1.29, 1.82) is 0 Å². The van der Waals surface area contributed by atoms with Crippen molar-refractivity contribution >= 4 is 21.9 Å². The van der Waals surface area contributed by atoms with Gasteiger partial charge in [0.05, 0.1) is 18.1 Å². The molecular formula is C25H22N3+. The van der Waals surface area contributed by atoms with Crippen LogP contribution in [0.1, 0.15) is 15.2 Å². The van der Waals surface area contributed by atoms with Crippen LogP contribution in [0.3, 0.4) is 0 Å². The molecule has 5 aromatic rings. The summed E-state index contributed by atoms with van der Waals surface area (Å²) in [7, 11) is 2.01. The van der Waals surface area contributed by atoms with Crippen LogP contribution in [0, 0.1) is 13.8 Å². The van der Waals surface area contributed by atoms with Crippen LogP contribution < -0.4 is 4.57 Å². The first-order valence-electron chi connectivity index (χ1n) is 10.8. The van der Waals surface area contributed by atoms with Gasteiger partial charge in [-0.1, -0.05) is 48.5 Å². The Morgan fingerprint density at radius 1 is 0.893 bits per heavy atom. The third-order valence-corrected chi connectivity index (χ3v) is 5.32. The Hall–Kier alpha value is -3.46. The first kappa shape index (κ1) is 13.7. The lowest BCUT2D eigenvalue weighted by Crippen LogP contribution is -2.30. The van der Waals surface area contributed by atoms with E-state index in [9.17, 15) is 0 Å². The topological polar surface area (TPSA) is 21.7 Å². The molecular weight excluding hydrogens is 342 g/mol. The highest BCUT2D eigenvalue weighted by Crippen LogP contribution is 2.30. The zero-order valence-electron chi connectivity index (χ0n) is 18.8. The second kappa shape index (κ2) is 6.31. The molecule has 3 heteroatoms. The third kappa shape index (κ3) is 2.43. The Kier molecular flexibility index (Phi) is 3.08. The average molecular weight is 367 g/mol. The number of fused-ring (bicyclic) bond motifs is 2. The van der Waals surface area contributed by atoms with Crippen LogP contribution in [0.25, 0.3) is 39.1 Å². The summed E-state index contributed by atoms with van der Waals surface area (Å²) >= 11 is 0. The zero-order chi connectivity index (χ0) is 21.8. The molecule has 5 rings (SSSR count). The van der Waals surface area contributed by atoms with Crippen LogP contribution >= 0.6 is 0 Å². The van der Waals surface area contributed by atoms with Crippen molar-refractivity contribution in [1.82, 2.24) is 9.55 Å². The number of rotatable bonds is 2. The number of hydrogen-bond acceptors (Lipinski definition) is 1. The summed E-state index contributed by atoms with van der Waals surface area (Å²) in [4.78, 5) is 4.88. The van der Waals surface area contributed by atoms with E-state index in [1.165, 1.54) is 0 Å². The highest BCUT2D eigenvalue weighted by Gasteiger charge is 2.28. The Morgan fingerprint density at radius 3 is 2.50 bits per heavy atom. The number of nitrogens with zero attached hydrogens (tertiary/aromatic N) is 3. The summed E-state index contributed by atoms with van der Waals surface area (Å²) in [5, 5.41) is 0.815. The van der Waals surface area contributed by atoms with Crippen LogP contribution in [0.5, 0.6) is 0 Å². The molecule has 28 heavy (non-hydrogen) atoms. The standard InChI is InChI=1S/C25H22N3/c1-17-10-4-6-12-20(17)25-27(3)22-14-8-9-15-23(22)28(25)24-18(2)16-19-11-5-7-13-21(19)26-24/h4-16H,1-3H3/q+1/i2D3. The van der Waals surface area contributed by atoms with Crippen LogP contribution in [-0.2, 0) is 7.05 Å². The summed E-state index contributed by atoms with van der Waals surface area (Å²) < 4.78 is 28.8. The van der Waals surface area contributed by atoms with Gasteiger partial charge in [-0.2, -0.15) is 4.57 Å². The lowest BCUT2D eigenvalue weighted by Gasteiger charge is -2.09. The maximum atomic E-state index is 8.24. The molecule has 3 nitrogen and oxygen atoms in total. The van der Waals surface area contributed by atoms with Gasteiger partial charge in [-0.15, -0.1) is 0 Å². The average Bonchev–Trinajstić information content (AvgIpc) is 3.05. The predicted molar refractivity (Wildman–Crippen MR) is 115 cm³/mol. The fourth-order valence-electron chi connectivity index (χ4n) is 3.93. The minimum Gasteiger partial charge on any atom is -0.225 e. The Balaban J connectivity index is 1.98. The van der Waals surface area contributed by atoms with E-state index >= 15 is 0 Å². The van der Waals surface area contributed by atoms with Gasteiger partial charge in [0.1, 0.15) is 0 Å². The Morgan fingerprint density at radius 2 is 1.64 bits per heavy atom. The van der Waals surface area contributed by atoms with Crippen molar-refractivity contribution in [3.63, 3.8) is 0 Å². The van der Waals surface area contributed by atoms with E-state index in [1.54, 1.807) is 6.07 Å². The number of imidazole rings is 1. The molecule has 0 aliphatic carbocycles. The van der Waals surface area contributed by atoms with Gasteiger partial charge in [0.25, 0.3) is 5.82 Å². The molecule has 3 aromatic carbocycles. The van der Waals surface area contributed by atoms with E-state index in [0.29, 0.717) is 5.82 Å². The molecule has 0 atom stereocenters. The van der Waals surface area contributed by atoms with Crippen LogP contribution in [0.2, 0.25) is 0 Å². The van der Waals surface area contributed by atoms with Gasteiger partial charge in [-0.05, 0) is 49.7 Å². The smallest absolute Gasteiger partial charge is 0.225 e. The van der Waals surface area contributed by atoms with Crippen molar-refractivity contribution in [3.05, 3.63) is 90.0 Å². The molecule has 0 N–H and O–H groups in total. The summed E-state index contributed by atoms with van der Waals surface area (Å²) in [6.45, 7) is -0.241. The number of benzene rings is 3. The van der Waals surface area contributed by atoms with Crippen molar-refractivity contribution < 1.29 is 8.68 Å².